The van der Waals surface area contributed by atoms with E-state index in [1.165, 1.54) is 9.80 Å². The monoisotopic (exact) mass is 430 g/mol. The van der Waals surface area contributed by atoms with E-state index in [0.29, 0.717) is 25.9 Å². The van der Waals surface area contributed by atoms with Gasteiger partial charge in [-0.15, -0.1) is 0 Å². The molecule has 10 heteroatoms. The number of hydrogen-bond acceptors (Lipinski definition) is 6. The number of carboxylic acid groups (broad SMARTS) is 2. The van der Waals surface area contributed by atoms with Gasteiger partial charge in [-0.2, -0.15) is 0 Å². The highest BCUT2D eigenvalue weighted by Crippen LogP contribution is 2.21. The summed E-state index contributed by atoms with van der Waals surface area (Å²) in [6.45, 7) is 11.5. The van der Waals surface area contributed by atoms with Crippen molar-refractivity contribution in [2.75, 3.05) is 13.1 Å². The maximum Gasteiger partial charge on any atom is 0.411 e. The summed E-state index contributed by atoms with van der Waals surface area (Å²) in [7, 11) is 0. The van der Waals surface area contributed by atoms with Crippen molar-refractivity contribution in [1.29, 1.82) is 0 Å². The molecule has 2 N–H and O–H groups in total. The molecule has 0 saturated carbocycles. The summed E-state index contributed by atoms with van der Waals surface area (Å²) in [4.78, 5) is 47.5. The molecule has 10 nitrogen and oxygen atoms in total. The van der Waals surface area contributed by atoms with Gasteiger partial charge in [0, 0.05) is 13.1 Å². The first-order valence-electron chi connectivity index (χ1n) is 10.1. The molecule has 2 amide bonds. The van der Waals surface area contributed by atoms with Crippen LogP contribution in [0.3, 0.4) is 0 Å². The van der Waals surface area contributed by atoms with Crippen molar-refractivity contribution in [3.63, 3.8) is 0 Å². The summed E-state index contributed by atoms with van der Waals surface area (Å²) in [6.07, 6.45) is 1.38. The van der Waals surface area contributed by atoms with Gasteiger partial charge in [0.1, 0.15) is 23.3 Å². The third kappa shape index (κ3) is 8.08. The molecule has 2 rings (SSSR count). The van der Waals surface area contributed by atoms with E-state index in [2.05, 4.69) is 0 Å². The molecule has 172 valence electrons. The van der Waals surface area contributed by atoms with Crippen LogP contribution in [0.5, 0.6) is 0 Å². The van der Waals surface area contributed by atoms with E-state index in [0.717, 1.165) is 12.8 Å². The summed E-state index contributed by atoms with van der Waals surface area (Å²) in [5.74, 6) is -1.92. The fraction of sp³-hybridized carbons (Fsp3) is 0.800. The zero-order valence-electron chi connectivity index (χ0n) is 18.6. The molecule has 2 aliphatic rings. The van der Waals surface area contributed by atoms with Gasteiger partial charge in [-0.1, -0.05) is 0 Å². The lowest BCUT2D eigenvalue weighted by Gasteiger charge is -2.26. The Morgan fingerprint density at radius 2 is 1.00 bits per heavy atom. The van der Waals surface area contributed by atoms with Crippen molar-refractivity contribution >= 4 is 24.1 Å². The number of carboxylic acids is 2. The Hall–Kier alpha value is -2.52. The number of hydrogen-bond donors (Lipinski definition) is 2. The van der Waals surface area contributed by atoms with Crippen molar-refractivity contribution in [3.05, 3.63) is 0 Å². The molecule has 2 unspecified atom stereocenters. The fourth-order valence-electron chi connectivity index (χ4n) is 3.13. The van der Waals surface area contributed by atoms with Gasteiger partial charge in [0.15, 0.2) is 0 Å². The quantitative estimate of drug-likeness (QED) is 0.683. The summed E-state index contributed by atoms with van der Waals surface area (Å²) in [5.41, 5.74) is -1.16. The van der Waals surface area contributed by atoms with Crippen LogP contribution >= 0.6 is 0 Å². The third-order valence-corrected chi connectivity index (χ3v) is 4.33. The zero-order chi connectivity index (χ0) is 23.3. The van der Waals surface area contributed by atoms with Gasteiger partial charge in [0.2, 0.25) is 0 Å². The molecule has 0 spiro atoms. The molecular formula is C20H34N2O8. The largest absolute Gasteiger partial charge is 0.480 e. The van der Waals surface area contributed by atoms with Crippen LogP contribution in [0.2, 0.25) is 0 Å². The van der Waals surface area contributed by atoms with E-state index in [9.17, 15) is 19.2 Å². The number of likely N-dealkylation sites (tertiary alicyclic amines) is 2. The molecule has 0 radical (unpaired) electrons. The predicted molar refractivity (Wildman–Crippen MR) is 107 cm³/mol. The van der Waals surface area contributed by atoms with Crippen LogP contribution in [-0.2, 0) is 19.1 Å². The number of nitrogens with zero attached hydrogens (tertiary/aromatic N) is 2. The smallest absolute Gasteiger partial charge is 0.411 e. The maximum atomic E-state index is 11.6. The van der Waals surface area contributed by atoms with Crippen LogP contribution in [0.25, 0.3) is 0 Å². The molecule has 30 heavy (non-hydrogen) atoms. The second-order valence-electron chi connectivity index (χ2n) is 9.34. The van der Waals surface area contributed by atoms with Gasteiger partial charge in [-0.05, 0) is 67.2 Å². The van der Waals surface area contributed by atoms with Crippen LogP contribution in [0.1, 0.15) is 67.2 Å². The lowest BCUT2D eigenvalue weighted by atomic mass is 10.2. The van der Waals surface area contributed by atoms with E-state index in [1.54, 1.807) is 41.5 Å². The Bertz CT molecular complexity index is 594. The first-order chi connectivity index (χ1) is 13.6. The van der Waals surface area contributed by atoms with Gasteiger partial charge >= 0.3 is 24.1 Å². The number of rotatable bonds is 2. The van der Waals surface area contributed by atoms with Gasteiger partial charge < -0.3 is 19.7 Å². The minimum atomic E-state index is -0.960. The second kappa shape index (κ2) is 9.99. The van der Waals surface area contributed by atoms with Gasteiger partial charge in [0.25, 0.3) is 0 Å². The first-order valence-corrected chi connectivity index (χ1v) is 10.1. The zero-order valence-corrected chi connectivity index (χ0v) is 18.6. The Morgan fingerprint density at radius 3 is 1.23 bits per heavy atom. The molecule has 2 aliphatic heterocycles. The molecular weight excluding hydrogens is 396 g/mol. The van der Waals surface area contributed by atoms with Crippen LogP contribution in [-0.4, -0.2) is 80.5 Å². The number of aliphatic carboxylic acids is 2. The molecule has 0 aromatic heterocycles. The molecule has 0 bridgehead atoms. The highest BCUT2D eigenvalue weighted by atomic mass is 16.6. The first kappa shape index (κ1) is 25.5. The number of amides is 2. The van der Waals surface area contributed by atoms with Gasteiger partial charge in [-0.25, -0.2) is 19.2 Å². The highest BCUT2D eigenvalue weighted by Gasteiger charge is 2.37. The van der Waals surface area contributed by atoms with E-state index >= 15 is 0 Å². The Labute approximate surface area is 177 Å². The summed E-state index contributed by atoms with van der Waals surface area (Å²) in [5, 5.41) is 17.8. The molecule has 0 aliphatic carbocycles. The van der Waals surface area contributed by atoms with E-state index < -0.39 is 47.4 Å². The minimum absolute atomic E-state index is 0.464. The topological polar surface area (TPSA) is 134 Å². The Balaban J connectivity index is 0.000000300. The molecule has 2 heterocycles. The molecule has 2 atom stereocenters. The van der Waals surface area contributed by atoms with Crippen molar-refractivity contribution in [3.8, 4) is 0 Å². The normalized spacial score (nSPS) is 21.5. The average Bonchev–Trinajstić information content (AvgIpc) is 3.22. The second-order valence-corrected chi connectivity index (χ2v) is 9.34. The van der Waals surface area contributed by atoms with E-state index in [1.807, 2.05) is 0 Å². The maximum absolute atomic E-state index is 11.6. The SMILES string of the molecule is CC(C)(C)OC(=O)N1CCCC1C(=O)O.CC(C)(C)OC(=O)N1CCCC1C(=O)O. The number of carbonyl (C=O) groups excluding carboxylic acids is 2. The number of ether oxygens (including phenoxy) is 2. The Morgan fingerprint density at radius 1 is 0.700 bits per heavy atom. The standard InChI is InChI=1S/2C10H17NO4/c2*1-10(2,3)15-9(14)11-6-4-5-7(11)8(12)13/h2*7H,4-6H2,1-3H3,(H,12,13). The van der Waals surface area contributed by atoms with Gasteiger partial charge in [0.05, 0.1) is 0 Å². The third-order valence-electron chi connectivity index (χ3n) is 4.33. The van der Waals surface area contributed by atoms with Crippen LogP contribution in [0.4, 0.5) is 9.59 Å². The van der Waals surface area contributed by atoms with Crippen molar-refractivity contribution in [2.24, 2.45) is 0 Å². The summed E-state index contributed by atoms with van der Waals surface area (Å²) < 4.78 is 10.3. The van der Waals surface area contributed by atoms with Crippen LogP contribution in [0, 0.1) is 0 Å². The molecule has 0 aromatic carbocycles. The highest BCUT2D eigenvalue weighted by molar-refractivity contribution is 5.81. The van der Waals surface area contributed by atoms with Crippen molar-refractivity contribution in [1.82, 2.24) is 9.80 Å². The minimum Gasteiger partial charge on any atom is -0.480 e. The van der Waals surface area contributed by atoms with Gasteiger partial charge in [-0.3, -0.25) is 9.80 Å². The fourth-order valence-corrected chi connectivity index (χ4v) is 3.13. The average molecular weight is 430 g/mol. The summed E-state index contributed by atoms with van der Waals surface area (Å²) >= 11 is 0. The van der Waals surface area contributed by atoms with E-state index in [4.69, 9.17) is 19.7 Å². The Kier molecular flexibility index (Phi) is 8.50. The molecule has 2 saturated heterocycles. The van der Waals surface area contributed by atoms with E-state index in [-0.39, 0.29) is 0 Å². The molecule has 2 fully saturated rings. The lowest BCUT2D eigenvalue weighted by molar-refractivity contribution is -0.142. The van der Waals surface area contributed by atoms with Crippen molar-refractivity contribution in [2.45, 2.75) is 90.5 Å². The predicted octanol–water partition coefficient (Wildman–Crippen LogP) is 2.94. The van der Waals surface area contributed by atoms with Crippen molar-refractivity contribution < 1.29 is 38.9 Å². The number of carbonyl (C=O) groups is 4. The summed E-state index contributed by atoms with van der Waals surface area (Å²) in [6, 6.07) is -1.44. The van der Waals surface area contributed by atoms with Crippen LogP contribution < -0.4 is 0 Å². The lowest BCUT2D eigenvalue weighted by Crippen LogP contribution is -2.43. The van der Waals surface area contributed by atoms with Crippen LogP contribution in [0.15, 0.2) is 0 Å². The molecule has 0 aromatic rings.